The fourth-order valence-corrected chi connectivity index (χ4v) is 3.67. The quantitative estimate of drug-likeness (QED) is 0.739. The van der Waals surface area contributed by atoms with E-state index in [1.807, 2.05) is 54.3 Å². The highest BCUT2D eigenvalue weighted by atomic mass is 16.5. The summed E-state index contributed by atoms with van der Waals surface area (Å²) in [5, 5.41) is 0. The van der Waals surface area contributed by atoms with Crippen molar-refractivity contribution in [2.75, 3.05) is 20.3 Å². The Morgan fingerprint density at radius 1 is 1.22 bits per heavy atom. The number of nitrogens with zero attached hydrogens (tertiary/aromatic N) is 1. The molecule has 3 rings (SSSR count). The van der Waals surface area contributed by atoms with Crippen LogP contribution in [-0.4, -0.2) is 31.1 Å². The van der Waals surface area contributed by atoms with Crippen molar-refractivity contribution in [2.45, 2.75) is 32.7 Å². The Morgan fingerprint density at radius 2 is 2.04 bits per heavy atom. The predicted octanol–water partition coefficient (Wildman–Crippen LogP) is 4.78. The first-order valence-corrected chi connectivity index (χ1v) is 9.42. The van der Waals surface area contributed by atoms with E-state index in [0.29, 0.717) is 11.5 Å². The minimum atomic E-state index is 0.0142. The van der Waals surface area contributed by atoms with Crippen LogP contribution in [0.1, 0.15) is 42.5 Å². The van der Waals surface area contributed by atoms with Gasteiger partial charge in [0.15, 0.2) is 18.1 Å². The summed E-state index contributed by atoms with van der Waals surface area (Å²) in [6, 6.07) is 14.1. The Labute approximate surface area is 161 Å². The molecule has 0 aromatic heterocycles. The van der Waals surface area contributed by atoms with Crippen LogP contribution in [0.5, 0.6) is 11.5 Å². The third-order valence-electron chi connectivity index (χ3n) is 5.02. The van der Waals surface area contributed by atoms with E-state index in [1.165, 1.54) is 11.1 Å². The van der Waals surface area contributed by atoms with E-state index < -0.39 is 0 Å². The van der Waals surface area contributed by atoms with Crippen LogP contribution in [0.15, 0.2) is 48.5 Å². The fourth-order valence-electron chi connectivity index (χ4n) is 3.67. The molecule has 0 bridgehead atoms. The molecule has 2 aromatic rings. The van der Waals surface area contributed by atoms with Crippen LogP contribution in [0.3, 0.4) is 0 Å². The average molecular weight is 365 g/mol. The smallest absolute Gasteiger partial charge is 0.261 e. The van der Waals surface area contributed by atoms with Gasteiger partial charge in [-0.1, -0.05) is 42.5 Å². The van der Waals surface area contributed by atoms with Gasteiger partial charge in [-0.2, -0.15) is 0 Å². The van der Waals surface area contributed by atoms with Gasteiger partial charge < -0.3 is 14.4 Å². The fraction of sp³-hybridized carbons (Fsp3) is 0.348. The Morgan fingerprint density at radius 3 is 2.78 bits per heavy atom. The van der Waals surface area contributed by atoms with Gasteiger partial charge in [0.2, 0.25) is 0 Å². The SMILES string of the molecule is CC=Cc1ccc(OCC(=O)N2CCCC2c2ccccc2C)c(OC)c1. The number of methoxy groups -OCH3 is 1. The van der Waals surface area contributed by atoms with Crippen molar-refractivity contribution >= 4 is 12.0 Å². The summed E-state index contributed by atoms with van der Waals surface area (Å²) < 4.78 is 11.2. The van der Waals surface area contributed by atoms with E-state index >= 15 is 0 Å². The molecule has 4 heteroatoms. The van der Waals surface area contributed by atoms with Crippen molar-refractivity contribution in [3.63, 3.8) is 0 Å². The summed E-state index contributed by atoms with van der Waals surface area (Å²) >= 11 is 0. The number of hydrogen-bond acceptors (Lipinski definition) is 3. The zero-order valence-corrected chi connectivity index (χ0v) is 16.3. The topological polar surface area (TPSA) is 38.8 Å². The lowest BCUT2D eigenvalue weighted by Crippen LogP contribution is -2.34. The number of amides is 1. The average Bonchev–Trinajstić information content (AvgIpc) is 3.17. The van der Waals surface area contributed by atoms with Gasteiger partial charge in [0, 0.05) is 6.54 Å². The van der Waals surface area contributed by atoms with Crippen molar-refractivity contribution < 1.29 is 14.3 Å². The van der Waals surface area contributed by atoms with Crippen molar-refractivity contribution in [1.29, 1.82) is 0 Å². The molecule has 27 heavy (non-hydrogen) atoms. The zero-order valence-electron chi connectivity index (χ0n) is 16.3. The van der Waals surface area contributed by atoms with Gasteiger partial charge in [0.25, 0.3) is 5.91 Å². The second-order valence-electron chi connectivity index (χ2n) is 6.80. The molecular formula is C23H27NO3. The van der Waals surface area contributed by atoms with Crippen LogP contribution in [0.4, 0.5) is 0 Å². The van der Waals surface area contributed by atoms with Gasteiger partial charge in [0.1, 0.15) is 0 Å². The second kappa shape index (κ2) is 8.76. The lowest BCUT2D eigenvalue weighted by atomic mass is 9.99. The maximum Gasteiger partial charge on any atom is 0.261 e. The molecule has 4 nitrogen and oxygen atoms in total. The third kappa shape index (κ3) is 4.33. The first kappa shape index (κ1) is 19.0. The van der Waals surface area contributed by atoms with Crippen molar-refractivity contribution in [1.82, 2.24) is 4.90 Å². The Hall–Kier alpha value is -2.75. The normalized spacial score (nSPS) is 16.7. The molecule has 0 radical (unpaired) electrons. The molecule has 0 spiro atoms. The molecule has 1 atom stereocenters. The van der Waals surface area contributed by atoms with Gasteiger partial charge >= 0.3 is 0 Å². The van der Waals surface area contributed by atoms with Crippen LogP contribution in [0.25, 0.3) is 6.08 Å². The van der Waals surface area contributed by atoms with Gasteiger partial charge in [-0.15, -0.1) is 0 Å². The van der Waals surface area contributed by atoms with Crippen molar-refractivity contribution in [3.05, 3.63) is 65.2 Å². The maximum absolute atomic E-state index is 12.8. The largest absolute Gasteiger partial charge is 0.493 e. The van der Waals surface area contributed by atoms with E-state index in [-0.39, 0.29) is 18.6 Å². The van der Waals surface area contributed by atoms with Crippen molar-refractivity contribution in [3.8, 4) is 11.5 Å². The number of ether oxygens (including phenoxy) is 2. The van der Waals surface area contributed by atoms with Crippen LogP contribution in [-0.2, 0) is 4.79 Å². The molecule has 1 fully saturated rings. The molecular weight excluding hydrogens is 338 g/mol. The molecule has 1 amide bonds. The highest BCUT2D eigenvalue weighted by molar-refractivity contribution is 5.78. The Balaban J connectivity index is 1.69. The molecule has 1 heterocycles. The number of likely N-dealkylation sites (tertiary alicyclic amines) is 1. The molecule has 0 N–H and O–H groups in total. The first-order valence-electron chi connectivity index (χ1n) is 9.42. The Bertz CT molecular complexity index is 828. The van der Waals surface area contributed by atoms with Gasteiger partial charge in [-0.05, 0) is 55.5 Å². The number of benzene rings is 2. The molecule has 0 aliphatic carbocycles. The minimum Gasteiger partial charge on any atom is -0.493 e. The number of aryl methyl sites for hydroxylation is 1. The number of rotatable bonds is 6. The second-order valence-corrected chi connectivity index (χ2v) is 6.80. The van der Waals surface area contributed by atoms with E-state index in [0.717, 1.165) is 24.9 Å². The number of allylic oxidation sites excluding steroid dienone is 1. The molecule has 1 unspecified atom stereocenters. The summed E-state index contributed by atoms with van der Waals surface area (Å²) in [6.45, 7) is 4.86. The molecule has 1 aliphatic heterocycles. The lowest BCUT2D eigenvalue weighted by molar-refractivity contribution is -0.134. The first-order chi connectivity index (χ1) is 13.1. The summed E-state index contributed by atoms with van der Waals surface area (Å²) in [5.41, 5.74) is 3.49. The summed E-state index contributed by atoms with van der Waals surface area (Å²) in [7, 11) is 1.61. The summed E-state index contributed by atoms with van der Waals surface area (Å²) in [4.78, 5) is 14.8. The number of carbonyl (C=O) groups is 1. The highest BCUT2D eigenvalue weighted by Crippen LogP contribution is 2.34. The molecule has 1 saturated heterocycles. The van der Waals surface area contributed by atoms with E-state index in [1.54, 1.807) is 7.11 Å². The molecule has 1 aliphatic rings. The van der Waals surface area contributed by atoms with Crippen LogP contribution in [0.2, 0.25) is 0 Å². The predicted molar refractivity (Wildman–Crippen MR) is 108 cm³/mol. The zero-order chi connectivity index (χ0) is 19.2. The van der Waals surface area contributed by atoms with Gasteiger partial charge in [-0.3, -0.25) is 4.79 Å². The standard InChI is InChI=1S/C23H27NO3/c1-4-8-18-12-13-21(22(15-18)26-3)27-16-23(25)24-14-7-11-20(24)19-10-6-5-9-17(19)2/h4-6,8-10,12-13,15,20H,7,11,14,16H2,1-3H3. The number of carbonyl (C=O) groups excluding carboxylic acids is 1. The maximum atomic E-state index is 12.8. The van der Waals surface area contributed by atoms with Crippen LogP contribution in [0, 0.1) is 6.92 Å². The molecule has 0 saturated carbocycles. The van der Waals surface area contributed by atoms with Gasteiger partial charge in [0.05, 0.1) is 13.2 Å². The monoisotopic (exact) mass is 365 g/mol. The van der Waals surface area contributed by atoms with Crippen LogP contribution >= 0.6 is 0 Å². The summed E-state index contributed by atoms with van der Waals surface area (Å²) in [6.07, 6.45) is 5.98. The lowest BCUT2D eigenvalue weighted by Gasteiger charge is -2.26. The van der Waals surface area contributed by atoms with Crippen molar-refractivity contribution in [2.24, 2.45) is 0 Å². The minimum absolute atomic E-state index is 0.0142. The Kier molecular flexibility index (Phi) is 6.17. The number of hydrogen-bond donors (Lipinski definition) is 0. The third-order valence-corrected chi connectivity index (χ3v) is 5.02. The van der Waals surface area contributed by atoms with E-state index in [4.69, 9.17) is 9.47 Å². The summed E-state index contributed by atoms with van der Waals surface area (Å²) in [5.74, 6) is 1.24. The molecule has 2 aromatic carbocycles. The van der Waals surface area contributed by atoms with Crippen LogP contribution < -0.4 is 9.47 Å². The molecule has 142 valence electrons. The highest BCUT2D eigenvalue weighted by Gasteiger charge is 2.30. The van der Waals surface area contributed by atoms with Gasteiger partial charge in [-0.25, -0.2) is 0 Å². The van der Waals surface area contributed by atoms with E-state index in [9.17, 15) is 4.79 Å². The van der Waals surface area contributed by atoms with E-state index in [2.05, 4.69) is 19.1 Å².